The number of sulfonamides is 1. The van der Waals surface area contributed by atoms with Gasteiger partial charge in [0.05, 0.1) is 11.3 Å². The summed E-state index contributed by atoms with van der Waals surface area (Å²) < 4.78 is 60.6. The molecule has 0 radical (unpaired) electrons. The molecule has 1 aromatic heterocycles. The molecule has 3 aromatic rings. The quantitative estimate of drug-likeness (QED) is 0.586. The molecule has 0 aliphatic heterocycles. The summed E-state index contributed by atoms with van der Waals surface area (Å²) in [5, 5.41) is 0. The number of aryl methyl sites for hydroxylation is 1. The molecule has 1 heterocycles. The van der Waals surface area contributed by atoms with E-state index >= 15 is 0 Å². The smallest absolute Gasteiger partial charge is 0.266 e. The summed E-state index contributed by atoms with van der Waals surface area (Å²) in [6.07, 6.45) is 6.91. The molecule has 0 saturated heterocycles. The van der Waals surface area contributed by atoms with Crippen molar-refractivity contribution < 1.29 is 21.9 Å². The predicted molar refractivity (Wildman–Crippen MR) is 115 cm³/mol. The van der Waals surface area contributed by atoms with Gasteiger partial charge in [-0.05, 0) is 43.3 Å². The van der Waals surface area contributed by atoms with E-state index in [1.165, 1.54) is 49.0 Å². The lowest BCUT2D eigenvalue weighted by Gasteiger charge is -2.15. The van der Waals surface area contributed by atoms with Crippen molar-refractivity contribution in [1.82, 2.24) is 4.57 Å². The number of anilines is 1. The summed E-state index contributed by atoms with van der Waals surface area (Å²) in [5.41, 5.74) is 0.705. The Balaban J connectivity index is 2.18. The van der Waals surface area contributed by atoms with E-state index in [-0.39, 0.29) is 34.1 Å². The number of halogens is 2. The largest absolute Gasteiger partial charge is 0.454 e. The van der Waals surface area contributed by atoms with Crippen molar-refractivity contribution in [3.05, 3.63) is 76.2 Å². The molecule has 0 aliphatic carbocycles. The van der Waals surface area contributed by atoms with Crippen LogP contribution in [0, 0.1) is 24.0 Å². The van der Waals surface area contributed by atoms with Crippen LogP contribution in [0.3, 0.4) is 0 Å². The van der Waals surface area contributed by atoms with E-state index in [4.69, 9.17) is 11.2 Å². The first kappa shape index (κ1) is 22.1. The highest BCUT2D eigenvalue weighted by Gasteiger charge is 2.16. The van der Waals surface area contributed by atoms with Crippen molar-refractivity contribution in [1.29, 1.82) is 0 Å². The first-order valence-electron chi connectivity index (χ1n) is 9.08. The van der Waals surface area contributed by atoms with Crippen LogP contribution in [0.4, 0.5) is 14.5 Å². The van der Waals surface area contributed by atoms with E-state index in [1.807, 2.05) is 0 Å². The first-order valence-corrected chi connectivity index (χ1v) is 10.7. The second-order valence-electron chi connectivity index (χ2n) is 6.60. The molecule has 2 aromatic carbocycles. The molecule has 0 saturated carbocycles. The Morgan fingerprint density at radius 2 is 1.84 bits per heavy atom. The molecule has 0 amide bonds. The number of benzene rings is 2. The molecule has 0 bridgehead atoms. The van der Waals surface area contributed by atoms with Crippen molar-refractivity contribution in [3.63, 3.8) is 0 Å². The van der Waals surface area contributed by atoms with Gasteiger partial charge >= 0.3 is 0 Å². The maximum Gasteiger partial charge on any atom is 0.266 e. The number of nitrogens with zero attached hydrogens (tertiary/aromatic N) is 1. The Morgan fingerprint density at radius 3 is 2.48 bits per heavy atom. The van der Waals surface area contributed by atoms with Gasteiger partial charge in [0.1, 0.15) is 11.6 Å². The maximum atomic E-state index is 14.1. The maximum absolute atomic E-state index is 14.1. The number of rotatable bonds is 6. The zero-order valence-electron chi connectivity index (χ0n) is 16.6. The van der Waals surface area contributed by atoms with E-state index in [9.17, 15) is 22.0 Å². The minimum Gasteiger partial charge on any atom is -0.454 e. The predicted octanol–water partition coefficient (Wildman–Crippen LogP) is 3.87. The third-order valence-electron chi connectivity index (χ3n) is 4.40. The van der Waals surface area contributed by atoms with Gasteiger partial charge in [0, 0.05) is 36.1 Å². The molecule has 6 nitrogen and oxygen atoms in total. The van der Waals surface area contributed by atoms with Crippen LogP contribution in [0.15, 0.2) is 53.5 Å². The van der Waals surface area contributed by atoms with Gasteiger partial charge in [-0.25, -0.2) is 17.2 Å². The van der Waals surface area contributed by atoms with Gasteiger partial charge in [-0.2, -0.15) is 0 Å². The highest BCUT2D eigenvalue weighted by molar-refractivity contribution is 7.92. The average Bonchev–Trinajstić information content (AvgIpc) is 2.72. The first-order chi connectivity index (χ1) is 14.6. The monoisotopic (exact) mass is 444 g/mol. The molecule has 0 atom stereocenters. The molecule has 0 fully saturated rings. The number of pyridine rings is 1. The third kappa shape index (κ3) is 4.92. The summed E-state index contributed by atoms with van der Waals surface area (Å²) in [6, 6.07) is 8.67. The normalized spacial score (nSPS) is 11.1. The van der Waals surface area contributed by atoms with Gasteiger partial charge in [-0.15, -0.1) is 6.42 Å². The second-order valence-corrected chi connectivity index (χ2v) is 8.61. The van der Waals surface area contributed by atoms with Gasteiger partial charge in [0.2, 0.25) is 10.0 Å². The van der Waals surface area contributed by atoms with Crippen LogP contribution in [0.25, 0.3) is 11.1 Å². The highest BCUT2D eigenvalue weighted by atomic mass is 32.2. The molecular formula is C22H18F2N2O4S. The van der Waals surface area contributed by atoms with Crippen LogP contribution in [-0.4, -0.2) is 18.7 Å². The van der Waals surface area contributed by atoms with Crippen LogP contribution in [0.2, 0.25) is 0 Å². The minimum absolute atomic E-state index is 0.0819. The van der Waals surface area contributed by atoms with Gasteiger partial charge in [-0.3, -0.25) is 9.52 Å². The zero-order chi connectivity index (χ0) is 22.8. The summed E-state index contributed by atoms with van der Waals surface area (Å²) in [4.78, 5) is 12.1. The van der Waals surface area contributed by atoms with E-state index in [0.29, 0.717) is 17.2 Å². The van der Waals surface area contributed by atoms with Crippen molar-refractivity contribution in [2.45, 2.75) is 6.92 Å². The number of terminal acetylenes is 1. The molecule has 0 unspecified atom stereocenters. The number of nitrogens with one attached hydrogen (secondary N) is 1. The number of aromatic nitrogens is 1. The van der Waals surface area contributed by atoms with Crippen molar-refractivity contribution in [3.8, 4) is 35.0 Å². The van der Waals surface area contributed by atoms with E-state index < -0.39 is 21.7 Å². The molecule has 1 N–H and O–H groups in total. The van der Waals surface area contributed by atoms with Gasteiger partial charge in [0.15, 0.2) is 11.6 Å². The fraction of sp³-hybridized carbons (Fsp3) is 0.136. The van der Waals surface area contributed by atoms with E-state index in [1.54, 1.807) is 0 Å². The van der Waals surface area contributed by atoms with Crippen LogP contribution in [0.1, 0.15) is 12.5 Å². The Kier molecular flexibility index (Phi) is 6.13. The standard InChI is InChI=1S/C22H18F2N2O4S/c1-4-14-10-15(13-26(3)22(14)27)18-12-17(25-31(28,29)5-2)7-9-20(18)30-21-8-6-16(23)11-19(21)24/h1,6-13,25H,5H2,2-3H3. The lowest BCUT2D eigenvalue weighted by molar-refractivity contribution is 0.439. The summed E-state index contributed by atoms with van der Waals surface area (Å²) in [5.74, 6) is 0.415. The fourth-order valence-electron chi connectivity index (χ4n) is 2.80. The Bertz CT molecular complexity index is 1360. The van der Waals surface area contributed by atoms with Gasteiger partial charge in [0.25, 0.3) is 5.56 Å². The van der Waals surface area contributed by atoms with Crippen molar-refractivity contribution in [2.24, 2.45) is 7.05 Å². The SMILES string of the molecule is C#Cc1cc(-c2cc(NS(=O)(=O)CC)ccc2Oc2ccc(F)cc2F)cn(C)c1=O. The van der Waals surface area contributed by atoms with Crippen molar-refractivity contribution in [2.75, 3.05) is 10.5 Å². The van der Waals surface area contributed by atoms with E-state index in [0.717, 1.165) is 12.1 Å². The van der Waals surface area contributed by atoms with Crippen LogP contribution >= 0.6 is 0 Å². The molecular weight excluding hydrogens is 426 g/mol. The zero-order valence-corrected chi connectivity index (χ0v) is 17.5. The van der Waals surface area contributed by atoms with Gasteiger partial charge in [-0.1, -0.05) is 5.92 Å². The topological polar surface area (TPSA) is 77.4 Å². The Labute approximate surface area is 178 Å². The summed E-state index contributed by atoms with van der Waals surface area (Å²) >= 11 is 0. The Hall–Kier alpha value is -3.64. The molecule has 31 heavy (non-hydrogen) atoms. The van der Waals surface area contributed by atoms with Crippen LogP contribution < -0.4 is 15.0 Å². The number of hydrogen-bond donors (Lipinski definition) is 1. The van der Waals surface area contributed by atoms with Crippen LogP contribution in [0.5, 0.6) is 11.5 Å². The lowest BCUT2D eigenvalue weighted by Crippen LogP contribution is -2.19. The molecule has 0 aliphatic rings. The number of hydrogen-bond acceptors (Lipinski definition) is 4. The van der Waals surface area contributed by atoms with Crippen molar-refractivity contribution >= 4 is 15.7 Å². The second kappa shape index (κ2) is 8.62. The minimum atomic E-state index is -3.56. The molecule has 160 valence electrons. The van der Waals surface area contributed by atoms with E-state index in [2.05, 4.69) is 10.6 Å². The summed E-state index contributed by atoms with van der Waals surface area (Å²) in [6.45, 7) is 1.49. The third-order valence-corrected chi connectivity index (χ3v) is 5.70. The lowest BCUT2D eigenvalue weighted by atomic mass is 10.0. The molecule has 3 rings (SSSR count). The number of ether oxygens (including phenoxy) is 1. The highest BCUT2D eigenvalue weighted by Crippen LogP contribution is 2.36. The molecule has 9 heteroatoms. The average molecular weight is 444 g/mol. The molecule has 0 spiro atoms. The fourth-order valence-corrected chi connectivity index (χ4v) is 3.43. The van der Waals surface area contributed by atoms with Gasteiger partial charge < -0.3 is 9.30 Å². The summed E-state index contributed by atoms with van der Waals surface area (Å²) in [7, 11) is -2.05. The van der Waals surface area contributed by atoms with Crippen LogP contribution in [-0.2, 0) is 17.1 Å². The Morgan fingerprint density at radius 1 is 1.13 bits per heavy atom.